The first-order valence-corrected chi connectivity index (χ1v) is 8.50. The van der Waals surface area contributed by atoms with Gasteiger partial charge in [0.2, 0.25) is 0 Å². The highest BCUT2D eigenvalue weighted by Crippen LogP contribution is 2.45. The number of hydrogen-bond donors (Lipinski definition) is 1. The molecule has 2 aromatic heterocycles. The van der Waals surface area contributed by atoms with E-state index in [1.165, 1.54) is 48.2 Å². The lowest BCUT2D eigenvalue weighted by Crippen LogP contribution is -2.26. The molecule has 1 aliphatic carbocycles. The van der Waals surface area contributed by atoms with E-state index in [2.05, 4.69) is 21.0 Å². The van der Waals surface area contributed by atoms with Crippen LogP contribution in [-0.2, 0) is 0 Å². The Morgan fingerprint density at radius 1 is 1.35 bits per heavy atom. The molecule has 1 N–H and O–H groups in total. The molecule has 106 valence electrons. The zero-order valence-corrected chi connectivity index (χ0v) is 12.4. The number of fused-ring (bicyclic) bond motifs is 3. The third-order valence-electron chi connectivity index (χ3n) is 4.95. The second-order valence-electron chi connectivity index (χ2n) is 6.11. The maximum atomic E-state index is 10.6. The van der Waals surface area contributed by atoms with Gasteiger partial charge in [0.25, 0.3) is 0 Å². The van der Waals surface area contributed by atoms with Crippen molar-refractivity contribution in [1.82, 2.24) is 9.55 Å². The lowest BCUT2D eigenvalue weighted by molar-refractivity contribution is 0.0687. The summed E-state index contributed by atoms with van der Waals surface area (Å²) in [6.45, 7) is 0. The van der Waals surface area contributed by atoms with Gasteiger partial charge in [-0.2, -0.15) is 0 Å². The molecule has 4 heteroatoms. The van der Waals surface area contributed by atoms with Crippen molar-refractivity contribution < 1.29 is 5.11 Å². The minimum absolute atomic E-state index is 0.179. The van der Waals surface area contributed by atoms with Crippen LogP contribution in [0.1, 0.15) is 50.1 Å². The zero-order valence-electron chi connectivity index (χ0n) is 11.5. The SMILES string of the molecule is O[C@H](C[C@@H]1c2ccsc2-c2cncn21)C1CCCCC1. The zero-order chi connectivity index (χ0) is 13.5. The highest BCUT2D eigenvalue weighted by Gasteiger charge is 2.33. The molecule has 1 fully saturated rings. The van der Waals surface area contributed by atoms with Crippen molar-refractivity contribution in [2.45, 2.75) is 50.7 Å². The van der Waals surface area contributed by atoms with E-state index in [1.807, 2.05) is 12.5 Å². The lowest BCUT2D eigenvalue weighted by atomic mass is 9.82. The Bertz CT molecular complexity index is 557. The maximum absolute atomic E-state index is 10.6. The van der Waals surface area contributed by atoms with Crippen molar-refractivity contribution in [3.8, 4) is 10.6 Å². The Morgan fingerprint density at radius 3 is 3.05 bits per heavy atom. The lowest BCUT2D eigenvalue weighted by Gasteiger charge is -2.28. The number of rotatable bonds is 3. The Morgan fingerprint density at radius 2 is 2.20 bits per heavy atom. The number of hydrogen-bond acceptors (Lipinski definition) is 3. The van der Waals surface area contributed by atoms with Crippen molar-refractivity contribution in [2.24, 2.45) is 5.92 Å². The molecule has 3 nitrogen and oxygen atoms in total. The van der Waals surface area contributed by atoms with Gasteiger partial charge in [0.1, 0.15) is 0 Å². The van der Waals surface area contributed by atoms with E-state index in [1.54, 1.807) is 11.3 Å². The van der Waals surface area contributed by atoms with Crippen LogP contribution in [0.2, 0.25) is 0 Å². The first-order chi connectivity index (χ1) is 9.84. The number of aliphatic hydroxyl groups is 1. The van der Waals surface area contributed by atoms with Gasteiger partial charge in [-0.25, -0.2) is 4.98 Å². The van der Waals surface area contributed by atoms with E-state index in [0.717, 1.165) is 6.42 Å². The highest BCUT2D eigenvalue weighted by atomic mass is 32.1. The standard InChI is InChI=1S/C16H20N2OS/c19-15(11-4-2-1-3-5-11)8-13-12-6-7-20-16(12)14-9-17-10-18(13)14/h6-7,9-11,13,15,19H,1-5,8H2/t13-,15-/m1/s1. The number of imidazole rings is 1. The van der Waals surface area contributed by atoms with Crippen LogP contribution in [0.5, 0.6) is 0 Å². The smallest absolute Gasteiger partial charge is 0.0957 e. The molecule has 0 radical (unpaired) electrons. The molecule has 1 saturated carbocycles. The summed E-state index contributed by atoms with van der Waals surface area (Å²) >= 11 is 1.78. The predicted molar refractivity (Wildman–Crippen MR) is 80.9 cm³/mol. The molecular formula is C16H20N2OS. The summed E-state index contributed by atoms with van der Waals surface area (Å²) in [6.07, 6.45) is 10.8. The van der Waals surface area contributed by atoms with Gasteiger partial charge < -0.3 is 9.67 Å². The Balaban J connectivity index is 1.57. The normalized spacial score (nSPS) is 23.6. The van der Waals surface area contributed by atoms with Gasteiger partial charge >= 0.3 is 0 Å². The molecule has 3 heterocycles. The van der Waals surface area contributed by atoms with Crippen LogP contribution in [0, 0.1) is 5.92 Å². The van der Waals surface area contributed by atoms with E-state index >= 15 is 0 Å². The largest absolute Gasteiger partial charge is 0.393 e. The fourth-order valence-corrected chi connectivity index (χ4v) is 4.82. The van der Waals surface area contributed by atoms with Crippen LogP contribution in [0.3, 0.4) is 0 Å². The summed E-state index contributed by atoms with van der Waals surface area (Å²) in [4.78, 5) is 5.62. The van der Waals surface area contributed by atoms with Gasteiger partial charge in [-0.05, 0) is 42.2 Å². The molecule has 2 atom stereocenters. The van der Waals surface area contributed by atoms with E-state index in [-0.39, 0.29) is 12.1 Å². The van der Waals surface area contributed by atoms with Crippen LogP contribution in [-0.4, -0.2) is 20.8 Å². The molecule has 0 aromatic carbocycles. The van der Waals surface area contributed by atoms with E-state index in [4.69, 9.17) is 0 Å². The van der Waals surface area contributed by atoms with Crippen LogP contribution < -0.4 is 0 Å². The Labute approximate surface area is 123 Å². The van der Waals surface area contributed by atoms with Crippen LogP contribution >= 0.6 is 11.3 Å². The number of nitrogens with zero attached hydrogens (tertiary/aromatic N) is 2. The minimum Gasteiger partial charge on any atom is -0.393 e. The van der Waals surface area contributed by atoms with Gasteiger partial charge in [0, 0.05) is 0 Å². The van der Waals surface area contributed by atoms with Crippen LogP contribution in [0.25, 0.3) is 10.6 Å². The predicted octanol–water partition coefficient (Wildman–Crippen LogP) is 3.85. The van der Waals surface area contributed by atoms with Gasteiger partial charge in [-0.3, -0.25) is 0 Å². The topological polar surface area (TPSA) is 38.1 Å². The molecule has 2 aliphatic rings. The van der Waals surface area contributed by atoms with Crippen molar-refractivity contribution in [1.29, 1.82) is 0 Å². The molecule has 4 rings (SSSR count). The number of aromatic nitrogens is 2. The second kappa shape index (κ2) is 5.01. The van der Waals surface area contributed by atoms with Gasteiger partial charge in [0.05, 0.1) is 35.2 Å². The van der Waals surface area contributed by atoms with Gasteiger partial charge in [-0.1, -0.05) is 19.3 Å². The highest BCUT2D eigenvalue weighted by molar-refractivity contribution is 7.13. The van der Waals surface area contributed by atoms with Crippen LogP contribution in [0.15, 0.2) is 24.0 Å². The first kappa shape index (κ1) is 12.6. The average Bonchev–Trinajstić information content (AvgIpc) is 3.16. The molecule has 20 heavy (non-hydrogen) atoms. The first-order valence-electron chi connectivity index (χ1n) is 7.62. The second-order valence-corrected chi connectivity index (χ2v) is 7.02. The molecule has 0 saturated heterocycles. The summed E-state index contributed by atoms with van der Waals surface area (Å²) < 4.78 is 2.24. The Hall–Kier alpha value is -1.13. The van der Waals surface area contributed by atoms with E-state index in [0.29, 0.717) is 5.92 Å². The molecule has 1 aliphatic heterocycles. The number of thiophene rings is 1. The summed E-state index contributed by atoms with van der Waals surface area (Å²) in [5.41, 5.74) is 2.60. The number of aliphatic hydroxyl groups excluding tert-OH is 1. The van der Waals surface area contributed by atoms with Gasteiger partial charge in [-0.15, -0.1) is 11.3 Å². The molecule has 2 aromatic rings. The molecule has 0 spiro atoms. The van der Waals surface area contributed by atoms with E-state index < -0.39 is 0 Å². The van der Waals surface area contributed by atoms with Crippen molar-refractivity contribution in [3.63, 3.8) is 0 Å². The maximum Gasteiger partial charge on any atom is 0.0957 e. The van der Waals surface area contributed by atoms with Crippen LogP contribution in [0.4, 0.5) is 0 Å². The quantitative estimate of drug-likeness (QED) is 0.931. The fourth-order valence-electron chi connectivity index (χ4n) is 3.85. The third-order valence-corrected chi connectivity index (χ3v) is 5.90. The average molecular weight is 288 g/mol. The van der Waals surface area contributed by atoms with E-state index in [9.17, 15) is 5.11 Å². The Kier molecular flexibility index (Phi) is 3.15. The van der Waals surface area contributed by atoms with Gasteiger partial charge in [0.15, 0.2) is 0 Å². The summed E-state index contributed by atoms with van der Waals surface area (Å²) in [5.74, 6) is 0.499. The fraction of sp³-hybridized carbons (Fsp3) is 0.562. The molecular weight excluding hydrogens is 268 g/mol. The van der Waals surface area contributed by atoms with Crippen molar-refractivity contribution in [2.75, 3.05) is 0 Å². The monoisotopic (exact) mass is 288 g/mol. The van der Waals surface area contributed by atoms with Crippen molar-refractivity contribution in [3.05, 3.63) is 29.5 Å². The third kappa shape index (κ3) is 1.93. The molecule has 0 bridgehead atoms. The van der Waals surface area contributed by atoms with Crippen molar-refractivity contribution >= 4 is 11.3 Å². The minimum atomic E-state index is -0.179. The molecule has 0 unspecified atom stereocenters. The summed E-state index contributed by atoms with van der Waals surface area (Å²) in [7, 11) is 0. The molecule has 0 amide bonds. The summed E-state index contributed by atoms with van der Waals surface area (Å²) in [5, 5.41) is 12.8. The summed E-state index contributed by atoms with van der Waals surface area (Å²) in [6, 6.07) is 2.50.